The molecule has 10 heteroatoms. The Morgan fingerprint density at radius 3 is 2.42 bits per heavy atom. The summed E-state index contributed by atoms with van der Waals surface area (Å²) in [6.45, 7) is -0.283. The summed E-state index contributed by atoms with van der Waals surface area (Å²) in [7, 11) is 0. The normalized spacial score (nSPS) is 20.0. The third-order valence-corrected chi connectivity index (χ3v) is 6.48. The average molecular weight is 455 g/mol. The zero-order valence-electron chi connectivity index (χ0n) is 17.8. The van der Waals surface area contributed by atoms with Gasteiger partial charge in [0.25, 0.3) is 5.91 Å². The topological polar surface area (TPSA) is 91.4 Å². The first-order valence-electron chi connectivity index (χ1n) is 10.9. The molecule has 0 radical (unpaired) electrons. The second-order valence-electron chi connectivity index (χ2n) is 8.60. The van der Waals surface area contributed by atoms with E-state index in [1.54, 1.807) is 30.3 Å². The number of likely N-dealkylation sites (tertiary alicyclic amines) is 2. The molecule has 0 bridgehead atoms. The number of aromatic amines is 1. The van der Waals surface area contributed by atoms with Gasteiger partial charge in [0.15, 0.2) is 0 Å². The number of hydrogen-bond donors (Lipinski definition) is 1. The van der Waals surface area contributed by atoms with E-state index in [0.717, 1.165) is 11.1 Å². The van der Waals surface area contributed by atoms with Crippen LogP contribution in [0, 0.1) is 11.8 Å². The second kappa shape index (κ2) is 8.76. The van der Waals surface area contributed by atoms with Crippen molar-refractivity contribution >= 4 is 22.8 Å². The van der Waals surface area contributed by atoms with E-state index < -0.39 is 6.61 Å². The largest absolute Gasteiger partial charge is 0.435 e. The highest BCUT2D eigenvalue weighted by Crippen LogP contribution is 2.32. The minimum absolute atomic E-state index is 0.0218. The zero-order valence-corrected chi connectivity index (χ0v) is 17.8. The molecule has 2 aliphatic heterocycles. The molecule has 2 amide bonds. The Morgan fingerprint density at radius 1 is 1.03 bits per heavy atom. The number of nitrogens with zero attached hydrogens (tertiary/aromatic N) is 4. The van der Waals surface area contributed by atoms with Crippen molar-refractivity contribution in [1.29, 1.82) is 0 Å². The summed E-state index contributed by atoms with van der Waals surface area (Å²) in [5.41, 5.74) is 2.93. The van der Waals surface area contributed by atoms with Crippen molar-refractivity contribution in [2.45, 2.75) is 19.5 Å². The highest BCUT2D eigenvalue weighted by atomic mass is 19.3. The molecule has 2 fully saturated rings. The molecule has 2 atom stereocenters. The highest BCUT2D eigenvalue weighted by Gasteiger charge is 2.42. The number of aromatic nitrogens is 3. The number of rotatable bonds is 6. The third kappa shape index (κ3) is 4.50. The van der Waals surface area contributed by atoms with Gasteiger partial charge in [0.2, 0.25) is 5.91 Å². The molecule has 2 aliphatic rings. The lowest BCUT2D eigenvalue weighted by molar-refractivity contribution is -0.130. The van der Waals surface area contributed by atoms with Crippen molar-refractivity contribution in [3.63, 3.8) is 0 Å². The van der Waals surface area contributed by atoms with Gasteiger partial charge in [-0.05, 0) is 42.3 Å². The molecular formula is C23H23F2N5O3. The van der Waals surface area contributed by atoms with Crippen molar-refractivity contribution in [2.75, 3.05) is 26.2 Å². The third-order valence-electron chi connectivity index (χ3n) is 6.48. The zero-order chi connectivity index (χ0) is 22.9. The summed E-state index contributed by atoms with van der Waals surface area (Å²) in [6.07, 6.45) is 0.892. The molecule has 2 saturated heterocycles. The van der Waals surface area contributed by atoms with Gasteiger partial charge in [0, 0.05) is 50.0 Å². The molecule has 2 unspecified atom stereocenters. The maximum Gasteiger partial charge on any atom is 0.387 e. The molecule has 2 aromatic carbocycles. The van der Waals surface area contributed by atoms with Gasteiger partial charge in [-0.15, -0.1) is 5.10 Å². The molecule has 0 spiro atoms. The van der Waals surface area contributed by atoms with Gasteiger partial charge in [-0.25, -0.2) is 0 Å². The molecular weight excluding hydrogens is 432 g/mol. The monoisotopic (exact) mass is 455 g/mol. The van der Waals surface area contributed by atoms with E-state index in [1.165, 1.54) is 12.1 Å². The number of halogens is 2. The van der Waals surface area contributed by atoms with Crippen molar-refractivity contribution in [3.05, 3.63) is 53.6 Å². The number of fused-ring (bicyclic) bond motifs is 2. The van der Waals surface area contributed by atoms with Gasteiger partial charge in [-0.3, -0.25) is 14.7 Å². The van der Waals surface area contributed by atoms with E-state index in [2.05, 4.69) is 20.1 Å². The SMILES string of the molecule is O=C(CCc1ccc(OC(F)F)cc1)N1CC2CN(C(=O)c3ccc4[nH]nnc4c3)CC2C1. The van der Waals surface area contributed by atoms with Crippen LogP contribution in [0.1, 0.15) is 22.3 Å². The quantitative estimate of drug-likeness (QED) is 0.617. The lowest BCUT2D eigenvalue weighted by Gasteiger charge is -2.22. The predicted octanol–water partition coefficient (Wildman–Crippen LogP) is 2.72. The minimum Gasteiger partial charge on any atom is -0.435 e. The molecule has 3 aromatic rings. The van der Waals surface area contributed by atoms with E-state index in [9.17, 15) is 18.4 Å². The average Bonchev–Trinajstić information content (AvgIpc) is 3.51. The van der Waals surface area contributed by atoms with Crippen molar-refractivity contribution in [1.82, 2.24) is 25.2 Å². The fourth-order valence-electron chi connectivity index (χ4n) is 4.77. The number of nitrogens with one attached hydrogen (secondary N) is 1. The Morgan fingerprint density at radius 2 is 1.73 bits per heavy atom. The van der Waals surface area contributed by atoms with Crippen LogP contribution in [-0.2, 0) is 11.2 Å². The van der Waals surface area contributed by atoms with Crippen LogP contribution in [0.3, 0.4) is 0 Å². The van der Waals surface area contributed by atoms with E-state index in [4.69, 9.17) is 0 Å². The van der Waals surface area contributed by atoms with Crippen LogP contribution in [0.5, 0.6) is 5.75 Å². The van der Waals surface area contributed by atoms with Gasteiger partial charge in [0.05, 0.1) is 5.52 Å². The first kappa shape index (κ1) is 21.3. The summed E-state index contributed by atoms with van der Waals surface area (Å²) >= 11 is 0. The fraction of sp³-hybridized carbons (Fsp3) is 0.391. The van der Waals surface area contributed by atoms with Gasteiger partial charge in [-0.2, -0.15) is 8.78 Å². The Kier molecular flexibility index (Phi) is 5.65. The Hall–Kier alpha value is -3.56. The standard InChI is InChI=1S/C23H23F2N5O3/c24-23(25)33-18-5-1-14(2-6-18)3-8-21(31)29-10-16-12-30(13-17(16)11-29)22(32)15-4-7-19-20(9-15)27-28-26-19/h1-2,4-7,9,16-17,23H,3,8,10-13H2,(H,26,27,28). The van der Waals surface area contributed by atoms with Crippen LogP contribution in [0.4, 0.5) is 8.78 Å². The highest BCUT2D eigenvalue weighted by molar-refractivity contribution is 5.97. The molecule has 1 aromatic heterocycles. The van der Waals surface area contributed by atoms with Gasteiger partial charge in [-0.1, -0.05) is 17.3 Å². The summed E-state index contributed by atoms with van der Waals surface area (Å²) in [4.78, 5) is 29.4. The van der Waals surface area contributed by atoms with Crippen LogP contribution in [-0.4, -0.2) is 69.8 Å². The Labute approximate surface area is 188 Å². The lowest BCUT2D eigenvalue weighted by atomic mass is 10.0. The number of carbonyl (C=O) groups is 2. The number of aryl methyl sites for hydroxylation is 1. The maximum absolute atomic E-state index is 12.9. The van der Waals surface area contributed by atoms with Crippen LogP contribution < -0.4 is 4.74 Å². The van der Waals surface area contributed by atoms with Crippen molar-refractivity contribution < 1.29 is 23.1 Å². The van der Waals surface area contributed by atoms with Crippen LogP contribution in [0.2, 0.25) is 0 Å². The Bertz CT molecular complexity index is 1150. The molecule has 0 aliphatic carbocycles. The van der Waals surface area contributed by atoms with Crippen LogP contribution in [0.15, 0.2) is 42.5 Å². The van der Waals surface area contributed by atoms with Gasteiger partial charge < -0.3 is 14.5 Å². The number of H-pyrrole nitrogens is 1. The number of hydrogen-bond acceptors (Lipinski definition) is 5. The number of amides is 2. The molecule has 0 saturated carbocycles. The molecule has 1 N–H and O–H groups in total. The van der Waals surface area contributed by atoms with Crippen LogP contribution >= 0.6 is 0 Å². The van der Waals surface area contributed by atoms with E-state index in [-0.39, 0.29) is 29.4 Å². The summed E-state index contributed by atoms with van der Waals surface area (Å²) < 4.78 is 28.8. The fourth-order valence-corrected chi connectivity index (χ4v) is 4.77. The van der Waals surface area contributed by atoms with E-state index in [1.807, 2.05) is 9.80 Å². The molecule has 172 valence electrons. The number of benzene rings is 2. The summed E-state index contributed by atoms with van der Waals surface area (Å²) in [5, 5.41) is 10.5. The number of alkyl halides is 2. The summed E-state index contributed by atoms with van der Waals surface area (Å²) in [5.74, 6) is 0.713. The van der Waals surface area contributed by atoms with Crippen molar-refractivity contribution in [3.8, 4) is 5.75 Å². The van der Waals surface area contributed by atoms with Crippen LogP contribution in [0.25, 0.3) is 11.0 Å². The van der Waals surface area contributed by atoms with E-state index >= 15 is 0 Å². The Balaban J connectivity index is 1.12. The summed E-state index contributed by atoms with van der Waals surface area (Å²) in [6, 6.07) is 11.7. The minimum atomic E-state index is -2.85. The molecule has 5 rings (SSSR count). The first-order chi connectivity index (χ1) is 16.0. The van der Waals surface area contributed by atoms with Gasteiger partial charge >= 0.3 is 6.61 Å². The first-order valence-corrected chi connectivity index (χ1v) is 10.9. The lowest BCUT2D eigenvalue weighted by Crippen LogP contribution is -2.35. The number of carbonyl (C=O) groups excluding carboxylic acids is 2. The van der Waals surface area contributed by atoms with Crippen molar-refractivity contribution in [2.24, 2.45) is 11.8 Å². The molecule has 33 heavy (non-hydrogen) atoms. The molecule has 3 heterocycles. The van der Waals surface area contributed by atoms with Gasteiger partial charge in [0.1, 0.15) is 11.3 Å². The smallest absolute Gasteiger partial charge is 0.387 e. The van der Waals surface area contributed by atoms with E-state index in [0.29, 0.717) is 50.1 Å². The number of ether oxygens (including phenoxy) is 1. The molecule has 8 nitrogen and oxygen atoms in total. The second-order valence-corrected chi connectivity index (χ2v) is 8.60. The predicted molar refractivity (Wildman–Crippen MR) is 115 cm³/mol. The maximum atomic E-state index is 12.9.